The van der Waals surface area contributed by atoms with Crippen molar-refractivity contribution in [2.45, 2.75) is 38.9 Å². The van der Waals surface area contributed by atoms with Crippen molar-refractivity contribution in [2.75, 3.05) is 38.6 Å². The highest BCUT2D eigenvalue weighted by molar-refractivity contribution is 7.13. The fourth-order valence-corrected chi connectivity index (χ4v) is 4.07. The highest BCUT2D eigenvalue weighted by Gasteiger charge is 2.20. The number of nitrogens with one attached hydrogen (secondary N) is 2. The van der Waals surface area contributed by atoms with Crippen LogP contribution in [0.25, 0.3) is 0 Å². The molecular weight excluding hydrogens is 368 g/mol. The number of thiazole rings is 1. The molecule has 3 rings (SSSR count). The molecule has 0 amide bonds. The van der Waals surface area contributed by atoms with Crippen molar-refractivity contribution in [3.63, 3.8) is 0 Å². The maximum atomic E-state index is 4.74. The molecule has 1 fully saturated rings. The fourth-order valence-electron chi connectivity index (χ4n) is 3.32. The second kappa shape index (κ2) is 10.4. The van der Waals surface area contributed by atoms with Gasteiger partial charge in [-0.05, 0) is 25.3 Å². The minimum atomic E-state index is 0.470. The first-order valence-corrected chi connectivity index (χ1v) is 10.9. The van der Waals surface area contributed by atoms with E-state index in [2.05, 4.69) is 63.2 Å². The van der Waals surface area contributed by atoms with E-state index < -0.39 is 0 Å². The van der Waals surface area contributed by atoms with Crippen LogP contribution in [-0.2, 0) is 13.1 Å². The van der Waals surface area contributed by atoms with Crippen LogP contribution in [0.1, 0.15) is 31.0 Å². The molecule has 1 aromatic carbocycles. The summed E-state index contributed by atoms with van der Waals surface area (Å²) in [7, 11) is 4.03. The van der Waals surface area contributed by atoms with Crippen molar-refractivity contribution < 1.29 is 0 Å². The number of anilines is 1. The molecule has 0 bridgehead atoms. The maximum absolute atomic E-state index is 4.74. The molecule has 1 saturated heterocycles. The second-order valence-corrected chi connectivity index (χ2v) is 8.23. The number of guanidine groups is 1. The Balaban J connectivity index is 1.48. The average Bonchev–Trinajstić information content (AvgIpc) is 3.18. The van der Waals surface area contributed by atoms with E-state index in [1.165, 1.54) is 5.56 Å². The van der Waals surface area contributed by atoms with Gasteiger partial charge in [0.1, 0.15) is 0 Å². The molecule has 1 aromatic heterocycles. The molecule has 2 heterocycles. The molecule has 0 unspecified atom stereocenters. The van der Waals surface area contributed by atoms with Crippen LogP contribution in [0.4, 0.5) is 5.13 Å². The lowest BCUT2D eigenvalue weighted by Gasteiger charge is -2.33. The first kappa shape index (κ1) is 20.6. The van der Waals surface area contributed by atoms with E-state index in [-0.39, 0.29) is 0 Å². The van der Waals surface area contributed by atoms with Crippen molar-refractivity contribution in [2.24, 2.45) is 4.99 Å². The molecule has 2 aromatic rings. The van der Waals surface area contributed by atoms with Crippen LogP contribution in [0.3, 0.4) is 0 Å². The minimum absolute atomic E-state index is 0.470. The van der Waals surface area contributed by atoms with Gasteiger partial charge in [-0.3, -0.25) is 4.90 Å². The van der Waals surface area contributed by atoms with E-state index in [1.54, 1.807) is 11.3 Å². The van der Waals surface area contributed by atoms with Crippen LogP contribution in [0.15, 0.2) is 40.7 Å². The lowest BCUT2D eigenvalue weighted by Crippen LogP contribution is -2.48. The average molecular weight is 401 g/mol. The molecule has 28 heavy (non-hydrogen) atoms. The number of aromatic nitrogens is 1. The number of benzene rings is 1. The van der Waals surface area contributed by atoms with Gasteiger partial charge in [0.15, 0.2) is 11.1 Å². The third-order valence-electron chi connectivity index (χ3n) is 4.84. The first-order chi connectivity index (χ1) is 13.6. The smallest absolute Gasteiger partial charge is 0.191 e. The second-order valence-electron chi connectivity index (χ2n) is 7.39. The number of rotatable bonds is 7. The fraction of sp³-hybridized carbons (Fsp3) is 0.524. The van der Waals surface area contributed by atoms with Gasteiger partial charge in [-0.1, -0.05) is 30.3 Å². The number of aliphatic imine (C=N–C) groups is 1. The van der Waals surface area contributed by atoms with Gasteiger partial charge >= 0.3 is 0 Å². The Morgan fingerprint density at radius 3 is 2.64 bits per heavy atom. The van der Waals surface area contributed by atoms with Crippen LogP contribution in [0, 0.1) is 0 Å². The van der Waals surface area contributed by atoms with Crippen molar-refractivity contribution in [1.82, 2.24) is 20.5 Å². The summed E-state index contributed by atoms with van der Waals surface area (Å²) in [5, 5.41) is 10.1. The molecule has 6 nitrogen and oxygen atoms in total. The van der Waals surface area contributed by atoms with Gasteiger partial charge < -0.3 is 15.5 Å². The molecule has 0 saturated carbocycles. The van der Waals surface area contributed by atoms with E-state index in [1.807, 2.05) is 19.0 Å². The van der Waals surface area contributed by atoms with Gasteiger partial charge in [0.05, 0.1) is 12.2 Å². The molecule has 2 N–H and O–H groups in total. The summed E-state index contributed by atoms with van der Waals surface area (Å²) in [6.07, 6.45) is 2.28. The van der Waals surface area contributed by atoms with Crippen LogP contribution >= 0.6 is 11.3 Å². The maximum Gasteiger partial charge on any atom is 0.191 e. The van der Waals surface area contributed by atoms with Gasteiger partial charge in [0, 0.05) is 51.7 Å². The molecule has 0 aliphatic carbocycles. The monoisotopic (exact) mass is 400 g/mol. The molecule has 7 heteroatoms. The van der Waals surface area contributed by atoms with E-state index in [4.69, 9.17) is 4.99 Å². The quantitative estimate of drug-likeness (QED) is 0.553. The Morgan fingerprint density at radius 2 is 2.00 bits per heavy atom. The van der Waals surface area contributed by atoms with Gasteiger partial charge in [-0.15, -0.1) is 11.3 Å². The number of hydrogen-bond acceptors (Lipinski definition) is 5. The number of nitrogens with zero attached hydrogens (tertiary/aromatic N) is 4. The molecule has 0 spiro atoms. The van der Waals surface area contributed by atoms with Crippen molar-refractivity contribution in [3.05, 3.63) is 47.0 Å². The van der Waals surface area contributed by atoms with Crippen molar-refractivity contribution in [1.29, 1.82) is 0 Å². The van der Waals surface area contributed by atoms with Crippen molar-refractivity contribution >= 4 is 22.4 Å². The summed E-state index contributed by atoms with van der Waals surface area (Å²) < 4.78 is 0. The largest absolute Gasteiger partial charge is 0.357 e. The third kappa shape index (κ3) is 6.21. The highest BCUT2D eigenvalue weighted by Crippen LogP contribution is 2.18. The lowest BCUT2D eigenvalue weighted by molar-refractivity contribution is 0.198. The predicted molar refractivity (Wildman–Crippen MR) is 119 cm³/mol. The molecule has 152 valence electrons. The molecular formula is C21H32N6S. The number of piperidine rings is 1. The van der Waals surface area contributed by atoms with Crippen LogP contribution in [-0.4, -0.2) is 55.6 Å². The van der Waals surface area contributed by atoms with Gasteiger partial charge in [-0.25, -0.2) is 9.98 Å². The zero-order valence-corrected chi connectivity index (χ0v) is 18.0. The van der Waals surface area contributed by atoms with Crippen molar-refractivity contribution in [3.8, 4) is 0 Å². The topological polar surface area (TPSA) is 55.8 Å². The van der Waals surface area contributed by atoms with E-state index in [0.29, 0.717) is 12.6 Å². The summed E-state index contributed by atoms with van der Waals surface area (Å²) in [5.41, 5.74) is 2.41. The lowest BCUT2D eigenvalue weighted by atomic mass is 10.0. The van der Waals surface area contributed by atoms with E-state index >= 15 is 0 Å². The van der Waals surface area contributed by atoms with Crippen LogP contribution < -0.4 is 15.5 Å². The summed E-state index contributed by atoms with van der Waals surface area (Å²) >= 11 is 1.66. The zero-order valence-electron chi connectivity index (χ0n) is 17.2. The summed E-state index contributed by atoms with van der Waals surface area (Å²) in [6.45, 7) is 6.84. The first-order valence-electron chi connectivity index (χ1n) is 10.1. The number of likely N-dealkylation sites (tertiary alicyclic amines) is 1. The highest BCUT2D eigenvalue weighted by atomic mass is 32.1. The summed E-state index contributed by atoms with van der Waals surface area (Å²) in [5.74, 6) is 0.892. The predicted octanol–water partition coefficient (Wildman–Crippen LogP) is 2.93. The van der Waals surface area contributed by atoms with Crippen LogP contribution in [0.2, 0.25) is 0 Å². The normalized spacial score (nSPS) is 16.2. The molecule has 0 radical (unpaired) electrons. The Hall–Kier alpha value is -2.12. The standard InChI is InChI=1S/C21H32N6S/c1-4-22-20(23-14-19-16-28-21(25-19)26(2)3)24-18-10-12-27(13-11-18)15-17-8-6-5-7-9-17/h5-9,16,18H,4,10-15H2,1-3H3,(H2,22,23,24). The Kier molecular flexibility index (Phi) is 7.68. The molecule has 1 aliphatic rings. The zero-order chi connectivity index (χ0) is 19.8. The SMILES string of the molecule is CCNC(=NCc1csc(N(C)C)n1)NC1CCN(Cc2ccccc2)CC1. The third-order valence-corrected chi connectivity index (χ3v) is 5.90. The number of hydrogen-bond donors (Lipinski definition) is 2. The van der Waals surface area contributed by atoms with E-state index in [0.717, 1.165) is 55.8 Å². The Labute approximate surface area is 172 Å². The van der Waals surface area contributed by atoms with Gasteiger partial charge in [-0.2, -0.15) is 0 Å². The Bertz CT molecular complexity index is 734. The summed E-state index contributed by atoms with van der Waals surface area (Å²) in [4.78, 5) is 13.9. The van der Waals surface area contributed by atoms with Gasteiger partial charge in [0.2, 0.25) is 0 Å². The van der Waals surface area contributed by atoms with Crippen LogP contribution in [0.5, 0.6) is 0 Å². The van der Waals surface area contributed by atoms with E-state index in [9.17, 15) is 0 Å². The molecule has 0 atom stereocenters. The van der Waals surface area contributed by atoms with Gasteiger partial charge in [0.25, 0.3) is 0 Å². The summed E-state index contributed by atoms with van der Waals surface area (Å²) in [6, 6.07) is 11.2. The Morgan fingerprint density at radius 1 is 1.25 bits per heavy atom. The minimum Gasteiger partial charge on any atom is -0.357 e. The molecule has 1 aliphatic heterocycles.